The van der Waals surface area contributed by atoms with Crippen LogP contribution in [0.3, 0.4) is 0 Å². The molecule has 1 atom stereocenters. The zero-order valence-corrected chi connectivity index (χ0v) is 11.9. The monoisotopic (exact) mass is 273 g/mol. The van der Waals surface area contributed by atoms with Crippen molar-refractivity contribution in [3.63, 3.8) is 0 Å². The van der Waals surface area contributed by atoms with Gasteiger partial charge in [0.2, 0.25) is 5.92 Å². The van der Waals surface area contributed by atoms with E-state index in [1.807, 2.05) is 0 Å². The number of nitrogens with one attached hydrogen (secondary N) is 1. The molecular formula is C14H21F2NS. The lowest BCUT2D eigenvalue weighted by Crippen LogP contribution is -2.32. The molecule has 0 spiro atoms. The first-order valence-electron chi connectivity index (χ1n) is 6.61. The van der Waals surface area contributed by atoms with Gasteiger partial charge in [-0.2, -0.15) is 0 Å². The molecule has 1 nitrogen and oxygen atoms in total. The third-order valence-electron chi connectivity index (χ3n) is 3.69. The minimum absolute atomic E-state index is 0.0580. The fourth-order valence-corrected chi connectivity index (χ4v) is 3.61. The molecule has 1 fully saturated rings. The average Bonchev–Trinajstić information content (AvgIpc) is 2.57. The summed E-state index contributed by atoms with van der Waals surface area (Å²) in [5, 5.41) is 3.33. The normalized spacial score (nSPS) is 23.2. The van der Waals surface area contributed by atoms with Crippen molar-refractivity contribution in [3.05, 3.63) is 21.4 Å². The Morgan fingerprint density at radius 1 is 1.44 bits per heavy atom. The number of aryl methyl sites for hydroxylation is 2. The lowest BCUT2D eigenvalue weighted by Gasteiger charge is -2.28. The van der Waals surface area contributed by atoms with E-state index in [4.69, 9.17) is 0 Å². The summed E-state index contributed by atoms with van der Waals surface area (Å²) in [6, 6.07) is 2.18. The minimum Gasteiger partial charge on any atom is -0.312 e. The van der Waals surface area contributed by atoms with Crippen molar-refractivity contribution >= 4 is 11.3 Å². The maximum absolute atomic E-state index is 13.2. The Morgan fingerprint density at radius 3 is 2.83 bits per heavy atom. The first kappa shape index (κ1) is 13.9. The molecular weight excluding hydrogens is 252 g/mol. The predicted molar refractivity (Wildman–Crippen MR) is 72.4 cm³/mol. The Morgan fingerprint density at radius 2 is 2.22 bits per heavy atom. The third kappa shape index (κ3) is 3.75. The maximum atomic E-state index is 13.2. The second-order valence-corrected chi connectivity index (χ2v) is 6.74. The Labute approximate surface area is 112 Å². The van der Waals surface area contributed by atoms with Gasteiger partial charge in [0.1, 0.15) is 0 Å². The van der Waals surface area contributed by atoms with Crippen LogP contribution < -0.4 is 5.32 Å². The smallest absolute Gasteiger partial charge is 0.248 e. The number of halogens is 2. The van der Waals surface area contributed by atoms with Crippen LogP contribution in [0.4, 0.5) is 8.78 Å². The molecule has 1 heterocycles. The van der Waals surface area contributed by atoms with Crippen molar-refractivity contribution < 1.29 is 8.78 Å². The second kappa shape index (κ2) is 5.66. The fraction of sp³-hybridized carbons (Fsp3) is 0.714. The minimum atomic E-state index is -2.43. The van der Waals surface area contributed by atoms with Crippen molar-refractivity contribution in [2.45, 2.75) is 52.0 Å². The van der Waals surface area contributed by atoms with Gasteiger partial charge < -0.3 is 5.32 Å². The molecule has 0 bridgehead atoms. The molecule has 0 aliphatic heterocycles. The van der Waals surface area contributed by atoms with Crippen LogP contribution in [0.25, 0.3) is 0 Å². The van der Waals surface area contributed by atoms with Gasteiger partial charge in [0.15, 0.2) is 0 Å². The molecule has 2 rings (SSSR count). The van der Waals surface area contributed by atoms with E-state index in [9.17, 15) is 8.78 Å². The van der Waals surface area contributed by atoms with E-state index in [0.717, 1.165) is 13.0 Å². The van der Waals surface area contributed by atoms with Gasteiger partial charge in [-0.15, -0.1) is 11.3 Å². The summed E-state index contributed by atoms with van der Waals surface area (Å²) in [6.45, 7) is 5.75. The van der Waals surface area contributed by atoms with Crippen molar-refractivity contribution in [1.29, 1.82) is 0 Å². The van der Waals surface area contributed by atoms with Gasteiger partial charge in [-0.05, 0) is 50.8 Å². The van der Waals surface area contributed by atoms with E-state index in [2.05, 4.69) is 25.2 Å². The van der Waals surface area contributed by atoms with E-state index in [1.165, 1.54) is 15.3 Å². The molecule has 0 amide bonds. The standard InChI is InChI=1S/C14H21F2NS/c1-10-6-13(18-11(10)2)9-17-8-12-4-3-5-14(15,16)7-12/h6,12,17H,3-5,7-9H2,1-2H3. The Balaban J connectivity index is 1.75. The van der Waals surface area contributed by atoms with E-state index in [0.29, 0.717) is 13.0 Å². The van der Waals surface area contributed by atoms with E-state index in [1.54, 1.807) is 11.3 Å². The van der Waals surface area contributed by atoms with Gasteiger partial charge in [0, 0.05) is 29.1 Å². The summed E-state index contributed by atoms with van der Waals surface area (Å²) in [5.74, 6) is -2.29. The molecule has 1 aromatic heterocycles. The molecule has 1 aliphatic carbocycles. The molecule has 102 valence electrons. The number of alkyl halides is 2. The largest absolute Gasteiger partial charge is 0.312 e. The molecule has 0 aromatic carbocycles. The van der Waals surface area contributed by atoms with E-state index in [-0.39, 0.29) is 18.8 Å². The third-order valence-corrected chi connectivity index (χ3v) is 4.84. The fourth-order valence-electron chi connectivity index (χ4n) is 2.59. The number of rotatable bonds is 4. The van der Waals surface area contributed by atoms with Gasteiger partial charge in [-0.25, -0.2) is 8.78 Å². The van der Waals surface area contributed by atoms with Crippen LogP contribution in [0.15, 0.2) is 6.07 Å². The molecule has 1 N–H and O–H groups in total. The predicted octanol–water partition coefficient (Wildman–Crippen LogP) is 4.28. The maximum Gasteiger partial charge on any atom is 0.248 e. The molecule has 1 unspecified atom stereocenters. The van der Waals surface area contributed by atoms with E-state index < -0.39 is 5.92 Å². The van der Waals surface area contributed by atoms with Crippen LogP contribution in [0.2, 0.25) is 0 Å². The highest BCUT2D eigenvalue weighted by Gasteiger charge is 2.35. The summed E-state index contributed by atoms with van der Waals surface area (Å²) < 4.78 is 26.5. The Hall–Kier alpha value is -0.480. The summed E-state index contributed by atoms with van der Waals surface area (Å²) in [6.07, 6.45) is 1.73. The zero-order valence-electron chi connectivity index (χ0n) is 11.1. The SMILES string of the molecule is Cc1cc(CNCC2CCCC(F)(F)C2)sc1C. The van der Waals surface area contributed by atoms with Crippen LogP contribution in [-0.4, -0.2) is 12.5 Å². The van der Waals surface area contributed by atoms with Crippen molar-refractivity contribution in [2.75, 3.05) is 6.54 Å². The van der Waals surface area contributed by atoms with Gasteiger partial charge in [0.25, 0.3) is 0 Å². The number of thiophene rings is 1. The van der Waals surface area contributed by atoms with Gasteiger partial charge in [-0.1, -0.05) is 0 Å². The lowest BCUT2D eigenvalue weighted by molar-refractivity contribution is -0.0520. The van der Waals surface area contributed by atoms with Crippen molar-refractivity contribution in [1.82, 2.24) is 5.32 Å². The molecule has 0 radical (unpaired) electrons. The Kier molecular flexibility index (Phi) is 4.38. The average molecular weight is 273 g/mol. The first-order valence-corrected chi connectivity index (χ1v) is 7.42. The lowest BCUT2D eigenvalue weighted by atomic mass is 9.86. The topological polar surface area (TPSA) is 12.0 Å². The highest BCUT2D eigenvalue weighted by Crippen LogP contribution is 2.36. The van der Waals surface area contributed by atoms with Gasteiger partial charge in [0.05, 0.1) is 0 Å². The molecule has 4 heteroatoms. The molecule has 1 saturated carbocycles. The molecule has 1 aromatic rings. The highest BCUT2D eigenvalue weighted by atomic mass is 32.1. The first-order chi connectivity index (χ1) is 8.46. The van der Waals surface area contributed by atoms with Gasteiger partial charge in [-0.3, -0.25) is 0 Å². The Bertz CT molecular complexity index is 381. The number of hydrogen-bond acceptors (Lipinski definition) is 2. The van der Waals surface area contributed by atoms with Crippen LogP contribution in [-0.2, 0) is 6.54 Å². The van der Waals surface area contributed by atoms with Crippen LogP contribution in [0.5, 0.6) is 0 Å². The molecule has 0 saturated heterocycles. The number of hydrogen-bond donors (Lipinski definition) is 1. The quantitative estimate of drug-likeness (QED) is 0.863. The van der Waals surface area contributed by atoms with E-state index >= 15 is 0 Å². The summed E-state index contributed by atoms with van der Waals surface area (Å²) in [7, 11) is 0. The molecule has 18 heavy (non-hydrogen) atoms. The van der Waals surface area contributed by atoms with Crippen LogP contribution in [0, 0.1) is 19.8 Å². The summed E-state index contributed by atoms with van der Waals surface area (Å²) in [5.41, 5.74) is 1.32. The highest BCUT2D eigenvalue weighted by molar-refractivity contribution is 7.12. The van der Waals surface area contributed by atoms with Crippen molar-refractivity contribution in [3.8, 4) is 0 Å². The second-order valence-electron chi connectivity index (χ2n) is 5.40. The summed E-state index contributed by atoms with van der Waals surface area (Å²) >= 11 is 1.79. The summed E-state index contributed by atoms with van der Waals surface area (Å²) in [4.78, 5) is 2.64. The van der Waals surface area contributed by atoms with Crippen LogP contribution in [0.1, 0.15) is 41.0 Å². The molecule has 1 aliphatic rings. The van der Waals surface area contributed by atoms with Crippen molar-refractivity contribution in [2.24, 2.45) is 5.92 Å². The van der Waals surface area contributed by atoms with Crippen LogP contribution >= 0.6 is 11.3 Å². The van der Waals surface area contributed by atoms with Gasteiger partial charge >= 0.3 is 0 Å². The zero-order chi connectivity index (χ0) is 13.2.